The Morgan fingerprint density at radius 1 is 1.30 bits per heavy atom. The number of nitrogens with one attached hydrogen (secondary N) is 1. The van der Waals surface area contributed by atoms with Gasteiger partial charge >= 0.3 is 0 Å². The number of thiazole rings is 1. The Morgan fingerprint density at radius 2 is 2.20 bits per heavy atom. The quantitative estimate of drug-likeness (QED) is 0.893. The summed E-state index contributed by atoms with van der Waals surface area (Å²) in [7, 11) is 0. The van der Waals surface area contributed by atoms with Gasteiger partial charge in [0.05, 0.1) is 11.7 Å². The molecule has 2 aromatic rings. The standard InChI is InChI=1S/C16H17BrN2S/c17-11-4-1-3-10(9-11)15(18-12-7-8-12)16-19-13-5-2-6-14(13)20-16/h1,3-4,9,12,15,18H,2,5-8H2. The van der Waals surface area contributed by atoms with Crippen LogP contribution in [0.3, 0.4) is 0 Å². The van der Waals surface area contributed by atoms with Crippen LogP contribution in [0.1, 0.15) is 46.4 Å². The molecule has 0 radical (unpaired) electrons. The van der Waals surface area contributed by atoms with Crippen LogP contribution in [-0.2, 0) is 12.8 Å². The molecule has 1 aromatic carbocycles. The second-order valence-corrected chi connectivity index (χ2v) is 7.74. The third-order valence-electron chi connectivity index (χ3n) is 4.02. The number of rotatable bonds is 4. The average molecular weight is 349 g/mol. The monoisotopic (exact) mass is 348 g/mol. The molecular formula is C16H17BrN2S. The summed E-state index contributed by atoms with van der Waals surface area (Å²) in [6, 6.07) is 9.56. The van der Waals surface area contributed by atoms with E-state index in [1.807, 2.05) is 11.3 Å². The summed E-state index contributed by atoms with van der Waals surface area (Å²) in [5, 5.41) is 5.02. The predicted octanol–water partition coefficient (Wildman–Crippen LogP) is 4.24. The van der Waals surface area contributed by atoms with Gasteiger partial charge in [-0.1, -0.05) is 28.1 Å². The van der Waals surface area contributed by atoms with E-state index in [-0.39, 0.29) is 6.04 Å². The predicted molar refractivity (Wildman–Crippen MR) is 86.3 cm³/mol. The van der Waals surface area contributed by atoms with Crippen LogP contribution in [0, 0.1) is 0 Å². The lowest BCUT2D eigenvalue weighted by Crippen LogP contribution is -2.24. The van der Waals surface area contributed by atoms with E-state index in [1.54, 1.807) is 0 Å². The minimum absolute atomic E-state index is 0.260. The molecule has 4 heteroatoms. The summed E-state index contributed by atoms with van der Waals surface area (Å²) < 4.78 is 1.14. The Morgan fingerprint density at radius 3 is 2.95 bits per heavy atom. The van der Waals surface area contributed by atoms with Gasteiger partial charge in [-0.25, -0.2) is 4.98 Å². The number of fused-ring (bicyclic) bond motifs is 1. The highest BCUT2D eigenvalue weighted by atomic mass is 79.9. The number of halogens is 1. The molecule has 2 aliphatic carbocycles. The van der Waals surface area contributed by atoms with Gasteiger partial charge < -0.3 is 5.32 Å². The number of hydrogen-bond acceptors (Lipinski definition) is 3. The van der Waals surface area contributed by atoms with Crippen molar-refractivity contribution < 1.29 is 0 Å². The van der Waals surface area contributed by atoms with Gasteiger partial charge in [0.2, 0.25) is 0 Å². The minimum atomic E-state index is 0.260. The van der Waals surface area contributed by atoms with Crippen LogP contribution in [-0.4, -0.2) is 11.0 Å². The Bertz CT molecular complexity index is 612. The fourth-order valence-electron chi connectivity index (χ4n) is 2.82. The van der Waals surface area contributed by atoms with Crippen LogP contribution in [0.15, 0.2) is 28.7 Å². The fourth-order valence-corrected chi connectivity index (χ4v) is 4.47. The summed E-state index contributed by atoms with van der Waals surface area (Å²) >= 11 is 5.50. The first-order chi connectivity index (χ1) is 9.79. The number of aryl methyl sites for hydroxylation is 2. The molecule has 1 aromatic heterocycles. The first kappa shape index (κ1) is 13.0. The largest absolute Gasteiger partial charge is 0.301 e. The van der Waals surface area contributed by atoms with Crippen molar-refractivity contribution in [3.8, 4) is 0 Å². The molecule has 0 saturated heterocycles. The molecule has 0 bridgehead atoms. The molecule has 1 N–H and O–H groups in total. The van der Waals surface area contributed by atoms with E-state index in [9.17, 15) is 0 Å². The van der Waals surface area contributed by atoms with Gasteiger partial charge in [-0.2, -0.15) is 0 Å². The van der Waals surface area contributed by atoms with Crippen molar-refractivity contribution in [3.63, 3.8) is 0 Å². The van der Waals surface area contributed by atoms with Gasteiger partial charge in [0.15, 0.2) is 0 Å². The molecule has 1 saturated carbocycles. The number of benzene rings is 1. The Kier molecular flexibility index (Phi) is 3.41. The van der Waals surface area contributed by atoms with Crippen molar-refractivity contribution >= 4 is 27.3 Å². The van der Waals surface area contributed by atoms with Gasteiger partial charge in [-0.05, 0) is 49.8 Å². The molecule has 104 valence electrons. The van der Waals surface area contributed by atoms with Gasteiger partial charge in [0.25, 0.3) is 0 Å². The van der Waals surface area contributed by atoms with Gasteiger partial charge in [-0.3, -0.25) is 0 Å². The van der Waals surface area contributed by atoms with E-state index >= 15 is 0 Å². The van der Waals surface area contributed by atoms with Crippen molar-refractivity contribution in [2.24, 2.45) is 0 Å². The van der Waals surface area contributed by atoms with Gasteiger partial charge in [0.1, 0.15) is 5.01 Å². The molecule has 1 fully saturated rings. The van der Waals surface area contributed by atoms with E-state index in [0.29, 0.717) is 6.04 Å². The molecular weight excluding hydrogens is 332 g/mol. The van der Waals surface area contributed by atoms with Crippen LogP contribution >= 0.6 is 27.3 Å². The van der Waals surface area contributed by atoms with Crippen LogP contribution < -0.4 is 5.32 Å². The molecule has 2 nitrogen and oxygen atoms in total. The number of nitrogens with zero attached hydrogens (tertiary/aromatic N) is 1. The molecule has 1 unspecified atom stereocenters. The summed E-state index contributed by atoms with van der Waals surface area (Å²) in [6.45, 7) is 0. The van der Waals surface area contributed by atoms with Crippen molar-refractivity contribution in [2.75, 3.05) is 0 Å². The number of aromatic nitrogens is 1. The maximum Gasteiger partial charge on any atom is 0.115 e. The van der Waals surface area contributed by atoms with Crippen LogP contribution in [0.4, 0.5) is 0 Å². The zero-order valence-corrected chi connectivity index (χ0v) is 13.6. The van der Waals surface area contributed by atoms with E-state index in [2.05, 4.69) is 45.5 Å². The topological polar surface area (TPSA) is 24.9 Å². The number of hydrogen-bond donors (Lipinski definition) is 1. The van der Waals surface area contributed by atoms with Gasteiger partial charge in [-0.15, -0.1) is 11.3 Å². The average Bonchev–Trinajstić information content (AvgIpc) is 3.00. The summed E-state index contributed by atoms with van der Waals surface area (Å²) in [5.74, 6) is 0. The van der Waals surface area contributed by atoms with E-state index < -0.39 is 0 Å². The molecule has 0 amide bonds. The highest BCUT2D eigenvalue weighted by molar-refractivity contribution is 9.10. The summed E-state index contributed by atoms with van der Waals surface area (Å²) in [6.07, 6.45) is 6.28. The molecule has 1 heterocycles. The Balaban J connectivity index is 1.70. The van der Waals surface area contributed by atoms with Gasteiger partial charge in [0, 0.05) is 15.4 Å². The third-order valence-corrected chi connectivity index (χ3v) is 5.74. The lowest BCUT2D eigenvalue weighted by molar-refractivity contribution is 0.596. The van der Waals surface area contributed by atoms with Crippen molar-refractivity contribution in [2.45, 2.75) is 44.2 Å². The fraction of sp³-hybridized carbons (Fsp3) is 0.438. The summed E-state index contributed by atoms with van der Waals surface area (Å²) in [5.41, 5.74) is 2.67. The zero-order chi connectivity index (χ0) is 13.5. The van der Waals surface area contributed by atoms with Crippen LogP contribution in [0.5, 0.6) is 0 Å². The van der Waals surface area contributed by atoms with Crippen molar-refractivity contribution in [1.82, 2.24) is 10.3 Å². The zero-order valence-electron chi connectivity index (χ0n) is 11.2. The van der Waals surface area contributed by atoms with Crippen LogP contribution in [0.25, 0.3) is 0 Å². The van der Waals surface area contributed by atoms with E-state index in [4.69, 9.17) is 4.98 Å². The molecule has 1 atom stereocenters. The maximum absolute atomic E-state index is 4.92. The maximum atomic E-state index is 4.92. The Hall–Kier alpha value is -0.710. The molecule has 0 spiro atoms. The molecule has 4 rings (SSSR count). The van der Waals surface area contributed by atoms with Crippen molar-refractivity contribution in [1.29, 1.82) is 0 Å². The van der Waals surface area contributed by atoms with Crippen molar-refractivity contribution in [3.05, 3.63) is 49.9 Å². The third kappa shape index (κ3) is 2.57. The smallest absolute Gasteiger partial charge is 0.115 e. The SMILES string of the molecule is Brc1cccc(C(NC2CC2)c2nc3c(s2)CCC3)c1. The van der Waals surface area contributed by atoms with Crippen LogP contribution in [0.2, 0.25) is 0 Å². The molecule has 2 aliphatic rings. The summed E-state index contributed by atoms with van der Waals surface area (Å²) in [4.78, 5) is 6.43. The highest BCUT2D eigenvalue weighted by Crippen LogP contribution is 2.35. The first-order valence-electron chi connectivity index (χ1n) is 7.29. The highest BCUT2D eigenvalue weighted by Gasteiger charge is 2.29. The molecule has 0 aliphatic heterocycles. The molecule has 20 heavy (non-hydrogen) atoms. The normalized spacial score (nSPS) is 19.1. The second-order valence-electron chi connectivity index (χ2n) is 5.70. The van der Waals surface area contributed by atoms with E-state index in [1.165, 1.54) is 53.2 Å². The minimum Gasteiger partial charge on any atom is -0.301 e. The lowest BCUT2D eigenvalue weighted by atomic mass is 10.1. The lowest BCUT2D eigenvalue weighted by Gasteiger charge is -2.17. The first-order valence-corrected chi connectivity index (χ1v) is 8.90. The second kappa shape index (κ2) is 5.24. The van der Waals surface area contributed by atoms with E-state index in [0.717, 1.165) is 4.47 Å². The Labute approximate surface area is 131 Å².